The Kier molecular flexibility index (Phi) is 6.98. The monoisotopic (exact) mass is 358 g/mol. The number of sulfonamides is 1. The van der Waals surface area contributed by atoms with Crippen molar-refractivity contribution in [3.05, 3.63) is 18.2 Å². The lowest BCUT2D eigenvalue weighted by atomic mass is 10.3. The number of benzene rings is 1. The second-order valence-corrected chi connectivity index (χ2v) is 6.66. The number of hydrogen-bond donors (Lipinski definition) is 3. The van der Waals surface area contributed by atoms with Gasteiger partial charge in [-0.05, 0) is 18.2 Å². The van der Waals surface area contributed by atoms with E-state index in [-0.39, 0.29) is 17.1 Å². The zero-order valence-corrected chi connectivity index (χ0v) is 14.6. The highest BCUT2D eigenvalue weighted by Gasteiger charge is 2.23. The molecule has 24 heavy (non-hydrogen) atoms. The Hall–Kier alpha value is -2.33. The molecule has 9 nitrogen and oxygen atoms in total. The van der Waals surface area contributed by atoms with Crippen molar-refractivity contribution in [3.8, 4) is 5.75 Å². The molecule has 0 aliphatic carbocycles. The molecular formula is C14H22N4O5S. The van der Waals surface area contributed by atoms with Crippen LogP contribution >= 0.6 is 0 Å². The summed E-state index contributed by atoms with van der Waals surface area (Å²) in [6, 6.07) is 3.33. The fourth-order valence-electron chi connectivity index (χ4n) is 2.02. The van der Waals surface area contributed by atoms with Gasteiger partial charge in [0.15, 0.2) is 0 Å². The van der Waals surface area contributed by atoms with E-state index in [2.05, 4.69) is 10.6 Å². The summed E-state index contributed by atoms with van der Waals surface area (Å²) in [5, 5.41) is 4.63. The van der Waals surface area contributed by atoms with Gasteiger partial charge in [-0.1, -0.05) is 13.8 Å². The third kappa shape index (κ3) is 4.83. The summed E-state index contributed by atoms with van der Waals surface area (Å²) in [6.45, 7) is 3.79. The predicted molar refractivity (Wildman–Crippen MR) is 89.3 cm³/mol. The Labute approximate surface area is 141 Å². The van der Waals surface area contributed by atoms with Gasteiger partial charge in [0, 0.05) is 13.1 Å². The molecule has 1 aromatic carbocycles. The van der Waals surface area contributed by atoms with Crippen molar-refractivity contribution in [3.63, 3.8) is 0 Å². The molecule has 0 saturated heterocycles. The maximum atomic E-state index is 12.5. The molecule has 0 unspecified atom stereocenters. The number of nitrogens with two attached hydrogens (primary N) is 1. The van der Waals surface area contributed by atoms with Crippen LogP contribution in [0, 0.1) is 0 Å². The Morgan fingerprint density at radius 2 is 1.88 bits per heavy atom. The van der Waals surface area contributed by atoms with Crippen LogP contribution in [-0.2, 0) is 14.8 Å². The molecule has 0 aromatic heterocycles. The Bertz CT molecular complexity index is 701. The number of methoxy groups -OCH3 is 1. The van der Waals surface area contributed by atoms with E-state index in [1.54, 1.807) is 13.8 Å². The van der Waals surface area contributed by atoms with E-state index in [0.717, 1.165) is 0 Å². The number of urea groups is 1. The quantitative estimate of drug-likeness (QED) is 0.616. The summed E-state index contributed by atoms with van der Waals surface area (Å²) < 4.78 is 31.5. The van der Waals surface area contributed by atoms with Crippen molar-refractivity contribution >= 4 is 27.6 Å². The van der Waals surface area contributed by atoms with E-state index < -0.39 is 22.0 Å². The van der Waals surface area contributed by atoms with Gasteiger partial charge in [-0.2, -0.15) is 4.31 Å². The number of carbonyl (C=O) groups excluding carboxylic acids is 2. The summed E-state index contributed by atoms with van der Waals surface area (Å²) in [5.74, 6) is -0.273. The van der Waals surface area contributed by atoms with Crippen LogP contribution < -0.4 is 21.1 Å². The zero-order chi connectivity index (χ0) is 18.3. The highest BCUT2D eigenvalue weighted by Crippen LogP contribution is 2.28. The number of amides is 3. The van der Waals surface area contributed by atoms with E-state index in [4.69, 9.17) is 10.5 Å². The van der Waals surface area contributed by atoms with Crippen LogP contribution in [0.5, 0.6) is 5.75 Å². The normalized spacial score (nSPS) is 11.2. The van der Waals surface area contributed by atoms with Crippen LogP contribution in [0.4, 0.5) is 10.5 Å². The van der Waals surface area contributed by atoms with Gasteiger partial charge >= 0.3 is 6.03 Å². The molecule has 0 fully saturated rings. The van der Waals surface area contributed by atoms with Crippen molar-refractivity contribution in [2.24, 2.45) is 5.73 Å². The number of nitrogens with zero attached hydrogens (tertiary/aromatic N) is 1. The van der Waals surface area contributed by atoms with Gasteiger partial charge in [0.25, 0.3) is 0 Å². The fraction of sp³-hybridized carbons (Fsp3) is 0.429. The fourth-order valence-corrected chi connectivity index (χ4v) is 3.50. The molecule has 10 heteroatoms. The third-order valence-corrected chi connectivity index (χ3v) is 5.26. The first-order valence-electron chi connectivity index (χ1n) is 7.27. The lowest BCUT2D eigenvalue weighted by Gasteiger charge is -2.19. The van der Waals surface area contributed by atoms with E-state index in [1.807, 2.05) is 0 Å². The molecule has 1 aromatic rings. The molecular weight excluding hydrogens is 336 g/mol. The summed E-state index contributed by atoms with van der Waals surface area (Å²) in [7, 11) is -2.28. The molecule has 0 spiro atoms. The number of nitrogens with one attached hydrogen (secondary N) is 2. The van der Waals surface area contributed by atoms with Crippen molar-refractivity contribution in [2.45, 2.75) is 18.7 Å². The minimum Gasteiger partial charge on any atom is -0.495 e. The van der Waals surface area contributed by atoms with E-state index in [0.29, 0.717) is 18.8 Å². The lowest BCUT2D eigenvalue weighted by molar-refractivity contribution is -0.115. The lowest BCUT2D eigenvalue weighted by Crippen LogP contribution is -2.36. The number of rotatable bonds is 8. The van der Waals surface area contributed by atoms with Crippen LogP contribution in [0.1, 0.15) is 13.8 Å². The smallest absolute Gasteiger partial charge is 0.312 e. The Morgan fingerprint density at radius 3 is 2.38 bits per heavy atom. The van der Waals surface area contributed by atoms with Crippen molar-refractivity contribution in [1.82, 2.24) is 9.62 Å². The largest absolute Gasteiger partial charge is 0.495 e. The predicted octanol–water partition coefficient (Wildman–Crippen LogP) is 0.333. The van der Waals surface area contributed by atoms with Crippen molar-refractivity contribution < 1.29 is 22.7 Å². The third-order valence-electron chi connectivity index (χ3n) is 3.21. The minimum absolute atomic E-state index is 0.0326. The Balaban J connectivity index is 3.12. The van der Waals surface area contributed by atoms with E-state index in [9.17, 15) is 18.0 Å². The summed E-state index contributed by atoms with van der Waals surface area (Å²) >= 11 is 0. The second-order valence-electron chi connectivity index (χ2n) is 4.72. The van der Waals surface area contributed by atoms with Crippen molar-refractivity contribution in [1.29, 1.82) is 0 Å². The van der Waals surface area contributed by atoms with Crippen molar-refractivity contribution in [2.75, 3.05) is 32.1 Å². The first-order chi connectivity index (χ1) is 11.3. The topological polar surface area (TPSA) is 131 Å². The molecule has 3 amide bonds. The average Bonchev–Trinajstić information content (AvgIpc) is 2.53. The standard InChI is InChI=1S/C14H22N4O5S/c1-4-18(5-2)24(21,22)10-6-7-12(23-3)11(8-10)17-13(19)9-16-14(15)20/h6-8H,4-5,9H2,1-3H3,(H,17,19)(H3,15,16,20). The van der Waals surface area contributed by atoms with Gasteiger partial charge in [0.05, 0.1) is 24.2 Å². The molecule has 4 N–H and O–H groups in total. The Morgan fingerprint density at radius 1 is 1.25 bits per heavy atom. The number of carbonyl (C=O) groups is 2. The molecule has 0 aliphatic rings. The van der Waals surface area contributed by atoms with Gasteiger partial charge in [0.1, 0.15) is 5.75 Å². The molecule has 0 aliphatic heterocycles. The summed E-state index contributed by atoms with van der Waals surface area (Å²) in [6.07, 6.45) is 0. The molecule has 0 heterocycles. The van der Waals surface area contributed by atoms with Crippen LogP contribution in [0.3, 0.4) is 0 Å². The maximum Gasteiger partial charge on any atom is 0.312 e. The molecule has 1 rings (SSSR count). The van der Waals surface area contributed by atoms with Gasteiger partial charge in [0.2, 0.25) is 15.9 Å². The van der Waals surface area contributed by atoms with Gasteiger partial charge < -0.3 is 21.1 Å². The van der Waals surface area contributed by atoms with E-state index >= 15 is 0 Å². The van der Waals surface area contributed by atoms with E-state index in [1.165, 1.54) is 29.6 Å². The number of primary amides is 1. The zero-order valence-electron chi connectivity index (χ0n) is 13.8. The van der Waals surface area contributed by atoms with Crippen LogP contribution in [0.2, 0.25) is 0 Å². The molecule has 0 saturated carbocycles. The number of ether oxygens (including phenoxy) is 1. The first-order valence-corrected chi connectivity index (χ1v) is 8.71. The highest BCUT2D eigenvalue weighted by molar-refractivity contribution is 7.89. The van der Waals surface area contributed by atoms with Crippen LogP contribution in [-0.4, -0.2) is 51.4 Å². The first kappa shape index (κ1) is 19.7. The average molecular weight is 358 g/mol. The summed E-state index contributed by atoms with van der Waals surface area (Å²) in [4.78, 5) is 22.5. The van der Waals surface area contributed by atoms with Crippen LogP contribution in [0.25, 0.3) is 0 Å². The maximum absolute atomic E-state index is 12.5. The van der Waals surface area contributed by atoms with Crippen LogP contribution in [0.15, 0.2) is 23.1 Å². The van der Waals surface area contributed by atoms with Gasteiger partial charge in [-0.25, -0.2) is 13.2 Å². The number of hydrogen-bond acceptors (Lipinski definition) is 5. The molecule has 134 valence electrons. The second kappa shape index (κ2) is 8.50. The SMILES string of the molecule is CCN(CC)S(=O)(=O)c1ccc(OC)c(NC(=O)CNC(N)=O)c1. The highest BCUT2D eigenvalue weighted by atomic mass is 32.2. The molecule has 0 radical (unpaired) electrons. The van der Waals surface area contributed by atoms with Gasteiger partial charge in [-0.15, -0.1) is 0 Å². The molecule has 0 bridgehead atoms. The summed E-state index contributed by atoms with van der Waals surface area (Å²) in [5.41, 5.74) is 5.08. The minimum atomic E-state index is -3.67. The van der Waals surface area contributed by atoms with Gasteiger partial charge in [-0.3, -0.25) is 4.79 Å². The number of anilines is 1. The molecule has 0 atom stereocenters.